The SMILES string of the molecule is Cc1c(C(=O)O)cc([N+](=O)[O-])cc1C(=O)Nc1ccccn1. The van der Waals surface area contributed by atoms with Crippen LogP contribution >= 0.6 is 0 Å². The van der Waals surface area contributed by atoms with Gasteiger partial charge in [-0.05, 0) is 24.6 Å². The summed E-state index contributed by atoms with van der Waals surface area (Å²) in [6, 6.07) is 6.83. The van der Waals surface area contributed by atoms with Crippen LogP contribution in [0.4, 0.5) is 11.5 Å². The van der Waals surface area contributed by atoms with E-state index in [4.69, 9.17) is 5.11 Å². The van der Waals surface area contributed by atoms with Crippen molar-refractivity contribution in [3.05, 3.63) is 63.3 Å². The minimum atomic E-state index is -1.34. The number of nitro groups is 1. The van der Waals surface area contributed by atoms with Gasteiger partial charge in [-0.25, -0.2) is 9.78 Å². The first-order chi connectivity index (χ1) is 10.4. The molecule has 8 heteroatoms. The standard InChI is InChI=1S/C14H11N3O5/c1-8-10(13(18)16-12-4-2-3-5-15-12)6-9(17(21)22)7-11(8)14(19)20/h2-7H,1H3,(H,19,20)(H,15,16,18). The van der Waals surface area contributed by atoms with E-state index in [-0.39, 0.29) is 22.5 Å². The van der Waals surface area contributed by atoms with E-state index < -0.39 is 22.5 Å². The van der Waals surface area contributed by atoms with Gasteiger partial charge in [-0.3, -0.25) is 14.9 Å². The lowest BCUT2D eigenvalue weighted by Gasteiger charge is -2.09. The minimum Gasteiger partial charge on any atom is -0.478 e. The molecular formula is C14H11N3O5. The minimum absolute atomic E-state index is 0.0859. The largest absolute Gasteiger partial charge is 0.478 e. The third-order valence-electron chi connectivity index (χ3n) is 2.98. The number of carbonyl (C=O) groups is 2. The van der Waals surface area contributed by atoms with E-state index in [1.165, 1.54) is 13.1 Å². The van der Waals surface area contributed by atoms with Gasteiger partial charge in [-0.1, -0.05) is 6.07 Å². The van der Waals surface area contributed by atoms with Crippen LogP contribution in [0.3, 0.4) is 0 Å². The van der Waals surface area contributed by atoms with Crippen molar-refractivity contribution < 1.29 is 19.6 Å². The molecule has 22 heavy (non-hydrogen) atoms. The van der Waals surface area contributed by atoms with Crippen molar-refractivity contribution in [2.24, 2.45) is 0 Å². The molecule has 0 fully saturated rings. The molecule has 112 valence electrons. The van der Waals surface area contributed by atoms with Crippen LogP contribution in [0.5, 0.6) is 0 Å². The molecular weight excluding hydrogens is 290 g/mol. The highest BCUT2D eigenvalue weighted by atomic mass is 16.6. The number of rotatable bonds is 4. The molecule has 1 aromatic carbocycles. The fourth-order valence-corrected chi connectivity index (χ4v) is 1.88. The van der Waals surface area contributed by atoms with Crippen molar-refractivity contribution in [1.29, 1.82) is 0 Å². The molecule has 1 heterocycles. The third-order valence-corrected chi connectivity index (χ3v) is 2.98. The number of hydrogen-bond acceptors (Lipinski definition) is 5. The maximum atomic E-state index is 12.2. The van der Waals surface area contributed by atoms with Crippen molar-refractivity contribution in [2.45, 2.75) is 6.92 Å². The Kier molecular flexibility index (Phi) is 4.12. The molecule has 1 aromatic heterocycles. The number of pyridine rings is 1. The van der Waals surface area contributed by atoms with Crippen molar-refractivity contribution in [2.75, 3.05) is 5.32 Å². The summed E-state index contributed by atoms with van der Waals surface area (Å²) in [5, 5.41) is 22.5. The summed E-state index contributed by atoms with van der Waals surface area (Å²) < 4.78 is 0. The number of non-ortho nitro benzene ring substituents is 1. The molecule has 0 spiro atoms. The van der Waals surface area contributed by atoms with Crippen molar-refractivity contribution in [3.8, 4) is 0 Å². The number of nitro benzene ring substituents is 1. The van der Waals surface area contributed by atoms with Crippen molar-refractivity contribution in [1.82, 2.24) is 4.98 Å². The Labute approximate surface area is 124 Å². The highest BCUT2D eigenvalue weighted by Gasteiger charge is 2.22. The van der Waals surface area contributed by atoms with Gasteiger partial charge in [0.15, 0.2) is 0 Å². The monoisotopic (exact) mass is 301 g/mol. The Bertz CT molecular complexity index is 759. The number of aromatic nitrogens is 1. The number of benzene rings is 1. The maximum Gasteiger partial charge on any atom is 0.336 e. The maximum absolute atomic E-state index is 12.2. The van der Waals surface area contributed by atoms with Gasteiger partial charge in [0, 0.05) is 18.3 Å². The molecule has 0 atom stereocenters. The highest BCUT2D eigenvalue weighted by Crippen LogP contribution is 2.23. The predicted molar refractivity (Wildman–Crippen MR) is 77.0 cm³/mol. The molecule has 8 nitrogen and oxygen atoms in total. The van der Waals surface area contributed by atoms with E-state index in [9.17, 15) is 19.7 Å². The molecule has 0 radical (unpaired) electrons. The summed E-state index contributed by atoms with van der Waals surface area (Å²) in [6.07, 6.45) is 1.47. The van der Waals surface area contributed by atoms with Crippen LogP contribution in [0.1, 0.15) is 26.3 Å². The van der Waals surface area contributed by atoms with Gasteiger partial charge in [0.2, 0.25) is 0 Å². The van der Waals surface area contributed by atoms with E-state index in [2.05, 4.69) is 10.3 Å². The zero-order chi connectivity index (χ0) is 16.3. The summed E-state index contributed by atoms with van der Waals surface area (Å²) >= 11 is 0. The molecule has 0 saturated carbocycles. The molecule has 0 bridgehead atoms. The quantitative estimate of drug-likeness (QED) is 0.659. The van der Waals surface area contributed by atoms with Gasteiger partial charge in [-0.2, -0.15) is 0 Å². The Morgan fingerprint density at radius 1 is 1.27 bits per heavy atom. The number of amides is 1. The third kappa shape index (κ3) is 3.06. The summed E-state index contributed by atoms with van der Waals surface area (Å²) in [5.41, 5.74) is -0.696. The zero-order valence-corrected chi connectivity index (χ0v) is 11.4. The average Bonchev–Trinajstić information content (AvgIpc) is 2.47. The number of carboxylic acids is 1. The van der Waals surface area contributed by atoms with Crippen molar-refractivity contribution in [3.63, 3.8) is 0 Å². The Hall–Kier alpha value is -3.29. The lowest BCUT2D eigenvalue weighted by molar-refractivity contribution is -0.384. The van der Waals surface area contributed by atoms with Crippen LogP contribution in [0.25, 0.3) is 0 Å². The van der Waals surface area contributed by atoms with Crippen LogP contribution in [0.15, 0.2) is 36.5 Å². The number of nitrogens with one attached hydrogen (secondary N) is 1. The molecule has 0 aliphatic heterocycles. The van der Waals surface area contributed by atoms with E-state index >= 15 is 0 Å². The Balaban J connectivity index is 2.47. The molecule has 2 aromatic rings. The van der Waals surface area contributed by atoms with Crippen LogP contribution < -0.4 is 5.32 Å². The number of anilines is 1. The predicted octanol–water partition coefficient (Wildman–Crippen LogP) is 2.25. The highest BCUT2D eigenvalue weighted by molar-refractivity contribution is 6.07. The molecule has 0 saturated heterocycles. The second-order valence-electron chi connectivity index (χ2n) is 4.40. The van der Waals surface area contributed by atoms with Crippen LogP contribution in [-0.4, -0.2) is 26.9 Å². The zero-order valence-electron chi connectivity index (χ0n) is 11.4. The molecule has 2 N–H and O–H groups in total. The normalized spacial score (nSPS) is 10.0. The first kappa shape index (κ1) is 15.1. The van der Waals surface area contributed by atoms with Gasteiger partial charge in [0.05, 0.1) is 16.1 Å². The van der Waals surface area contributed by atoms with Gasteiger partial charge < -0.3 is 10.4 Å². The topological polar surface area (TPSA) is 122 Å². The van der Waals surface area contributed by atoms with Crippen LogP contribution in [0, 0.1) is 17.0 Å². The molecule has 0 aliphatic rings. The summed E-state index contributed by atoms with van der Waals surface area (Å²) in [6.45, 7) is 1.42. The smallest absolute Gasteiger partial charge is 0.336 e. The summed E-state index contributed by atoms with van der Waals surface area (Å²) in [5.74, 6) is -1.74. The van der Waals surface area contributed by atoms with Gasteiger partial charge >= 0.3 is 5.97 Å². The van der Waals surface area contributed by atoms with Crippen LogP contribution in [0.2, 0.25) is 0 Å². The first-order valence-corrected chi connectivity index (χ1v) is 6.15. The first-order valence-electron chi connectivity index (χ1n) is 6.15. The second kappa shape index (κ2) is 6.00. The fourth-order valence-electron chi connectivity index (χ4n) is 1.88. The molecule has 1 amide bonds. The lowest BCUT2D eigenvalue weighted by Crippen LogP contribution is -2.16. The van der Waals surface area contributed by atoms with Gasteiger partial charge in [0.1, 0.15) is 5.82 Å². The van der Waals surface area contributed by atoms with Crippen LogP contribution in [-0.2, 0) is 0 Å². The van der Waals surface area contributed by atoms with Gasteiger partial charge in [0.25, 0.3) is 11.6 Å². The van der Waals surface area contributed by atoms with Gasteiger partial charge in [-0.15, -0.1) is 0 Å². The Morgan fingerprint density at radius 3 is 2.50 bits per heavy atom. The number of carboxylic acid groups (broad SMARTS) is 1. The van der Waals surface area contributed by atoms with E-state index in [1.807, 2.05) is 0 Å². The van der Waals surface area contributed by atoms with E-state index in [0.717, 1.165) is 12.1 Å². The number of aromatic carboxylic acids is 1. The Morgan fingerprint density at radius 2 is 1.95 bits per heavy atom. The van der Waals surface area contributed by atoms with Crippen molar-refractivity contribution >= 4 is 23.4 Å². The average molecular weight is 301 g/mol. The summed E-state index contributed by atoms with van der Waals surface area (Å²) in [7, 11) is 0. The molecule has 0 unspecified atom stereocenters. The molecule has 0 aliphatic carbocycles. The number of nitrogens with zero attached hydrogens (tertiary/aromatic N) is 2. The molecule has 2 rings (SSSR count). The van der Waals surface area contributed by atoms with E-state index in [1.54, 1.807) is 18.2 Å². The number of carbonyl (C=O) groups excluding carboxylic acids is 1. The fraction of sp³-hybridized carbons (Fsp3) is 0.0714. The lowest BCUT2D eigenvalue weighted by atomic mass is 10.0. The number of hydrogen-bond donors (Lipinski definition) is 2. The van der Waals surface area contributed by atoms with E-state index in [0.29, 0.717) is 0 Å². The second-order valence-corrected chi connectivity index (χ2v) is 4.40. The summed E-state index contributed by atoms with van der Waals surface area (Å²) in [4.78, 5) is 37.4.